The summed E-state index contributed by atoms with van der Waals surface area (Å²) in [5.41, 5.74) is 2.66. The lowest BCUT2D eigenvalue weighted by Crippen LogP contribution is -2.29. The van der Waals surface area contributed by atoms with E-state index in [0.29, 0.717) is 36.9 Å². The summed E-state index contributed by atoms with van der Waals surface area (Å²) >= 11 is 3.11. The van der Waals surface area contributed by atoms with Crippen molar-refractivity contribution in [2.75, 3.05) is 38.3 Å². The molecule has 0 aliphatic carbocycles. The van der Waals surface area contributed by atoms with Gasteiger partial charge in [-0.2, -0.15) is 0 Å². The fraction of sp³-hybridized carbons (Fsp3) is 0.259. The lowest BCUT2D eigenvalue weighted by atomic mass is 10.1. The van der Waals surface area contributed by atoms with Gasteiger partial charge in [-0.1, -0.05) is 6.07 Å². The molecule has 3 N–H and O–H groups in total. The normalized spacial score (nSPS) is 13.1. The molecular weight excluding hydrogens is 558 g/mol. The van der Waals surface area contributed by atoms with Crippen molar-refractivity contribution in [1.82, 2.24) is 20.6 Å². The average Bonchev–Trinajstić information content (AvgIpc) is 3.62. The van der Waals surface area contributed by atoms with Gasteiger partial charge < -0.3 is 20.1 Å². The third-order valence-corrected chi connectivity index (χ3v) is 8.36. The van der Waals surface area contributed by atoms with Gasteiger partial charge in [0.15, 0.2) is 5.82 Å². The largest absolute Gasteiger partial charge is 0.492 e. The highest BCUT2D eigenvalue weighted by Gasteiger charge is 2.32. The number of aliphatic hydroxyl groups excluding tert-OH is 1. The van der Waals surface area contributed by atoms with Crippen LogP contribution in [0.2, 0.25) is 0 Å². The third-order valence-electron chi connectivity index (χ3n) is 6.26. The lowest BCUT2D eigenvalue weighted by Gasteiger charge is -2.20. The Morgan fingerprint density at radius 2 is 1.85 bits per heavy atom. The second-order valence-electron chi connectivity index (χ2n) is 8.75. The van der Waals surface area contributed by atoms with E-state index in [1.807, 2.05) is 48.7 Å². The van der Waals surface area contributed by atoms with Crippen molar-refractivity contribution >= 4 is 62.9 Å². The van der Waals surface area contributed by atoms with Crippen LogP contribution in [0.3, 0.4) is 0 Å². The van der Waals surface area contributed by atoms with Crippen LogP contribution in [0.1, 0.15) is 12.5 Å². The van der Waals surface area contributed by atoms with Crippen LogP contribution < -0.4 is 20.3 Å². The number of carbonyl (C=O) groups is 2. The van der Waals surface area contributed by atoms with E-state index in [9.17, 15) is 9.59 Å². The summed E-state index contributed by atoms with van der Waals surface area (Å²) in [6.07, 6.45) is 0. The predicted molar refractivity (Wildman–Crippen MR) is 158 cm³/mol. The monoisotopic (exact) mass is 585 g/mol. The van der Waals surface area contributed by atoms with Crippen molar-refractivity contribution in [3.8, 4) is 26.9 Å². The van der Waals surface area contributed by atoms with E-state index in [0.717, 1.165) is 36.8 Å². The van der Waals surface area contributed by atoms with Crippen LogP contribution in [0.25, 0.3) is 31.4 Å². The summed E-state index contributed by atoms with van der Waals surface area (Å²) in [6, 6.07) is 11.8. The Labute approximate surface area is 240 Å². The van der Waals surface area contributed by atoms with E-state index in [1.165, 1.54) is 0 Å². The van der Waals surface area contributed by atoms with E-state index < -0.39 is 11.8 Å². The van der Waals surface area contributed by atoms with Crippen LogP contribution in [-0.2, 0) is 9.59 Å². The van der Waals surface area contributed by atoms with Gasteiger partial charge in [-0.05, 0) is 60.7 Å². The number of nitrogens with zero attached hydrogens (tertiary/aromatic N) is 3. The molecule has 0 spiro atoms. The molecule has 1 aliphatic rings. The molecule has 5 rings (SSSR count). The molecular formula is C27H28ClN5O4S2. The fourth-order valence-electron chi connectivity index (χ4n) is 4.34. The first-order valence-corrected chi connectivity index (χ1v) is 13.8. The van der Waals surface area contributed by atoms with Gasteiger partial charge in [-0.3, -0.25) is 14.9 Å². The maximum atomic E-state index is 12.6. The summed E-state index contributed by atoms with van der Waals surface area (Å²) in [7, 11) is 1.76. The first-order valence-electron chi connectivity index (χ1n) is 12.1. The summed E-state index contributed by atoms with van der Waals surface area (Å²) in [6.45, 7) is 5.46. The van der Waals surface area contributed by atoms with Crippen LogP contribution in [0.15, 0.2) is 53.0 Å². The average molecular weight is 586 g/mol. The zero-order chi connectivity index (χ0) is 26.8. The molecule has 2 amide bonds. The maximum absolute atomic E-state index is 12.6. The molecule has 1 aromatic carbocycles. The van der Waals surface area contributed by atoms with Gasteiger partial charge >= 0.3 is 0 Å². The number of imide groups is 1. The minimum Gasteiger partial charge on any atom is -0.492 e. The molecule has 0 unspecified atom stereocenters. The number of halogens is 1. The van der Waals surface area contributed by atoms with Crippen LogP contribution >= 0.6 is 35.1 Å². The number of hydrogen-bond acceptors (Lipinski definition) is 10. The Morgan fingerprint density at radius 3 is 2.49 bits per heavy atom. The van der Waals surface area contributed by atoms with Crippen molar-refractivity contribution < 1.29 is 19.4 Å². The Bertz CT molecular complexity index is 1530. The van der Waals surface area contributed by atoms with Crippen molar-refractivity contribution in [2.24, 2.45) is 0 Å². The molecule has 0 fully saturated rings. The van der Waals surface area contributed by atoms with Crippen LogP contribution in [0, 0.1) is 6.92 Å². The Balaban J connectivity index is 0.00000353. The van der Waals surface area contributed by atoms with Gasteiger partial charge in [-0.25, -0.2) is 9.97 Å². The molecule has 0 atom stereocenters. The first kappa shape index (κ1) is 28.7. The second kappa shape index (κ2) is 12.2. The molecule has 204 valence electrons. The Kier molecular flexibility index (Phi) is 8.98. The number of thiophene rings is 2. The van der Waals surface area contributed by atoms with Gasteiger partial charge in [-0.15, -0.1) is 35.1 Å². The van der Waals surface area contributed by atoms with Crippen molar-refractivity contribution in [3.63, 3.8) is 0 Å². The summed E-state index contributed by atoms with van der Waals surface area (Å²) < 4.78 is 5.79. The van der Waals surface area contributed by atoms with Crippen LogP contribution in [0.5, 0.6) is 5.75 Å². The van der Waals surface area contributed by atoms with Gasteiger partial charge in [0.1, 0.15) is 28.7 Å². The number of nitrogens with one attached hydrogen (secondary N) is 2. The number of rotatable bonds is 10. The molecule has 1 aliphatic heterocycles. The molecule has 4 aromatic rings. The number of fused-ring (bicyclic) bond motifs is 1. The molecule has 0 saturated carbocycles. The topological polar surface area (TPSA) is 117 Å². The molecule has 3 aromatic heterocycles. The smallest absolute Gasteiger partial charge is 0.275 e. The standard InChI is InChI=1S/C27H27N5O4S2.ClH/c1-15-20-24(32(3)21-16(2)25(34)31-26(21)35)29-23(19-5-4-14-37-19)30-27(20)38-22(15)17-6-8-18(9-7-17)36-13-11-28-10-12-33;/h4-9,14,28,33H,10-13H2,1-3H3,(H,31,34,35);1H. The van der Waals surface area contributed by atoms with Gasteiger partial charge in [0.2, 0.25) is 0 Å². The highest BCUT2D eigenvalue weighted by Crippen LogP contribution is 2.43. The van der Waals surface area contributed by atoms with Crippen molar-refractivity contribution in [2.45, 2.75) is 13.8 Å². The Hall–Kier alpha value is -3.35. The molecule has 0 radical (unpaired) electrons. The number of amides is 2. The van der Waals surface area contributed by atoms with Crippen LogP contribution in [0.4, 0.5) is 5.82 Å². The van der Waals surface area contributed by atoms with E-state index in [1.54, 1.807) is 41.5 Å². The molecule has 12 heteroatoms. The fourth-order valence-corrected chi connectivity index (χ4v) is 6.18. The van der Waals surface area contributed by atoms with E-state index in [-0.39, 0.29) is 24.7 Å². The Morgan fingerprint density at radius 1 is 1.08 bits per heavy atom. The number of aromatic nitrogens is 2. The quantitative estimate of drug-likeness (QED) is 0.188. The van der Waals surface area contributed by atoms with Crippen molar-refractivity contribution in [3.05, 3.63) is 58.6 Å². The molecule has 4 heterocycles. The second-order valence-corrected chi connectivity index (χ2v) is 10.7. The summed E-state index contributed by atoms with van der Waals surface area (Å²) in [5, 5.41) is 17.1. The predicted octanol–water partition coefficient (Wildman–Crippen LogP) is 4.14. The number of ether oxygens (including phenoxy) is 1. The van der Waals surface area contributed by atoms with Gasteiger partial charge in [0.05, 0.1) is 16.9 Å². The number of aliphatic hydroxyl groups is 1. The number of likely N-dealkylation sites (N-methyl/N-ethyl adjacent to an activating group) is 1. The lowest BCUT2D eigenvalue weighted by molar-refractivity contribution is -0.124. The van der Waals surface area contributed by atoms with Crippen LogP contribution in [-0.4, -0.2) is 60.2 Å². The van der Waals surface area contributed by atoms with Crippen molar-refractivity contribution in [1.29, 1.82) is 0 Å². The number of aryl methyl sites for hydroxylation is 1. The van der Waals surface area contributed by atoms with E-state index >= 15 is 0 Å². The minimum atomic E-state index is -0.435. The van der Waals surface area contributed by atoms with Gasteiger partial charge in [0.25, 0.3) is 11.8 Å². The summed E-state index contributed by atoms with van der Waals surface area (Å²) in [4.78, 5) is 39.0. The molecule has 0 saturated heterocycles. The zero-order valence-corrected chi connectivity index (χ0v) is 24.1. The molecule has 0 bridgehead atoms. The third kappa shape index (κ3) is 5.68. The zero-order valence-electron chi connectivity index (χ0n) is 21.6. The van der Waals surface area contributed by atoms with Gasteiger partial charge in [0, 0.05) is 30.6 Å². The minimum absolute atomic E-state index is 0. The molecule has 39 heavy (non-hydrogen) atoms. The van der Waals surface area contributed by atoms with E-state index in [4.69, 9.17) is 19.8 Å². The SMILES string of the molecule is CC1=C(N(C)c2nc(-c3cccs3)nc3sc(-c4ccc(OCCNCCO)cc4)c(C)c23)C(=O)NC1=O.Cl. The highest BCUT2D eigenvalue weighted by atomic mass is 35.5. The number of hydrogen-bond donors (Lipinski definition) is 3. The maximum Gasteiger partial charge on any atom is 0.275 e. The number of carbonyl (C=O) groups excluding carboxylic acids is 2. The number of anilines is 1. The summed E-state index contributed by atoms with van der Waals surface area (Å²) in [5.74, 6) is 1.08. The first-order chi connectivity index (χ1) is 18.4. The van der Waals surface area contributed by atoms with E-state index in [2.05, 4.69) is 10.6 Å². The molecule has 9 nitrogen and oxygen atoms in total. The highest BCUT2D eigenvalue weighted by molar-refractivity contribution is 7.22. The number of benzene rings is 1.